The van der Waals surface area contributed by atoms with Crippen molar-refractivity contribution in [1.82, 2.24) is 9.97 Å². The molecule has 0 amide bonds. The fourth-order valence-corrected chi connectivity index (χ4v) is 2.98. The first-order valence-corrected chi connectivity index (χ1v) is 9.10. The lowest BCUT2D eigenvalue weighted by Crippen LogP contribution is -2.06. The van der Waals surface area contributed by atoms with Gasteiger partial charge in [-0.15, -0.1) is 0 Å². The zero-order chi connectivity index (χ0) is 19.2. The molecule has 0 fully saturated rings. The van der Waals surface area contributed by atoms with Gasteiger partial charge in [0.25, 0.3) is 0 Å². The van der Waals surface area contributed by atoms with Crippen molar-refractivity contribution in [2.24, 2.45) is 0 Å². The molecular weight excluding hydrogens is 417 g/mol. The van der Waals surface area contributed by atoms with E-state index in [-0.39, 0.29) is 5.82 Å². The second-order valence-corrected chi connectivity index (χ2v) is 6.55. The quantitative estimate of drug-likeness (QED) is 0.513. The summed E-state index contributed by atoms with van der Waals surface area (Å²) in [6, 6.07) is 7.90. The number of methoxy groups -OCH3 is 2. The zero-order valence-electron chi connectivity index (χ0n) is 15.0. The number of halogens is 2. The Morgan fingerprint density at radius 2 is 1.96 bits per heavy atom. The minimum Gasteiger partial charge on any atom is -0.495 e. The maximum Gasteiger partial charge on any atom is 0.230 e. The average molecular weight is 436 g/mol. The summed E-state index contributed by atoms with van der Waals surface area (Å²) >= 11 is 3.30. The minimum atomic E-state index is -0.354. The summed E-state index contributed by atoms with van der Waals surface area (Å²) in [5.74, 6) is 1.11. The van der Waals surface area contributed by atoms with E-state index in [4.69, 9.17) is 14.2 Å². The lowest BCUT2D eigenvalue weighted by Gasteiger charge is -2.14. The van der Waals surface area contributed by atoms with Crippen molar-refractivity contribution in [1.29, 1.82) is 0 Å². The molecule has 2 aromatic carbocycles. The second-order valence-electron chi connectivity index (χ2n) is 5.70. The molecule has 8 heteroatoms. The summed E-state index contributed by atoms with van der Waals surface area (Å²) in [4.78, 5) is 8.53. The summed E-state index contributed by atoms with van der Waals surface area (Å²) in [7, 11) is 3.27. The Morgan fingerprint density at radius 1 is 1.11 bits per heavy atom. The van der Waals surface area contributed by atoms with E-state index < -0.39 is 0 Å². The van der Waals surface area contributed by atoms with Crippen molar-refractivity contribution >= 4 is 32.5 Å². The van der Waals surface area contributed by atoms with Crippen LogP contribution in [0.5, 0.6) is 17.4 Å². The number of benzene rings is 2. The number of fused-ring (bicyclic) bond motifs is 1. The standard InChI is InChI=1S/C19H19BrFN3O3/c1-25-7-3-6-22-16-10-15-13(9-18(16)26-2)19(24-11-23-15)27-17-5-4-12(21)8-14(17)20/h4-5,8-11,22H,3,6-7H2,1-2H3. The molecule has 1 N–H and O–H groups in total. The van der Waals surface area contributed by atoms with Gasteiger partial charge in [-0.1, -0.05) is 0 Å². The summed E-state index contributed by atoms with van der Waals surface area (Å²) in [6.45, 7) is 1.42. The SMILES string of the molecule is COCCCNc1cc2ncnc(Oc3ccc(F)cc3Br)c2cc1OC. The molecule has 6 nitrogen and oxygen atoms in total. The number of nitrogens with zero attached hydrogens (tertiary/aromatic N) is 2. The van der Waals surface area contributed by atoms with Crippen LogP contribution >= 0.6 is 15.9 Å². The Kier molecular flexibility index (Phi) is 6.41. The van der Waals surface area contributed by atoms with Crippen LogP contribution < -0.4 is 14.8 Å². The first kappa shape index (κ1) is 19.3. The van der Waals surface area contributed by atoms with Gasteiger partial charge >= 0.3 is 0 Å². The van der Waals surface area contributed by atoms with E-state index in [2.05, 4.69) is 31.2 Å². The lowest BCUT2D eigenvalue weighted by molar-refractivity contribution is 0.197. The molecule has 0 aliphatic heterocycles. The van der Waals surface area contributed by atoms with Crippen molar-refractivity contribution < 1.29 is 18.6 Å². The Morgan fingerprint density at radius 3 is 2.70 bits per heavy atom. The van der Waals surface area contributed by atoms with Gasteiger partial charge in [-0.05, 0) is 52.7 Å². The van der Waals surface area contributed by atoms with E-state index in [1.807, 2.05) is 12.1 Å². The molecule has 27 heavy (non-hydrogen) atoms. The van der Waals surface area contributed by atoms with Gasteiger partial charge in [0.15, 0.2) is 0 Å². The highest BCUT2D eigenvalue weighted by Gasteiger charge is 2.13. The van der Waals surface area contributed by atoms with Crippen LogP contribution in [0.1, 0.15) is 6.42 Å². The lowest BCUT2D eigenvalue weighted by atomic mass is 10.2. The van der Waals surface area contributed by atoms with E-state index in [0.29, 0.717) is 39.4 Å². The van der Waals surface area contributed by atoms with Crippen LogP contribution in [-0.2, 0) is 4.74 Å². The molecule has 0 aliphatic rings. The predicted molar refractivity (Wildman–Crippen MR) is 105 cm³/mol. The average Bonchev–Trinajstić information content (AvgIpc) is 2.67. The molecule has 1 heterocycles. The van der Waals surface area contributed by atoms with Crippen LogP contribution in [-0.4, -0.2) is 37.3 Å². The molecule has 0 atom stereocenters. The van der Waals surface area contributed by atoms with Gasteiger partial charge in [0.1, 0.15) is 23.6 Å². The number of ether oxygens (including phenoxy) is 3. The van der Waals surface area contributed by atoms with Crippen molar-refractivity contribution in [3.63, 3.8) is 0 Å². The molecule has 0 saturated carbocycles. The van der Waals surface area contributed by atoms with Gasteiger partial charge in [0.05, 0.1) is 28.2 Å². The first-order chi connectivity index (χ1) is 13.1. The Labute approximate surface area is 164 Å². The van der Waals surface area contributed by atoms with Gasteiger partial charge in [-0.3, -0.25) is 0 Å². The van der Waals surface area contributed by atoms with Gasteiger partial charge in [-0.2, -0.15) is 0 Å². The van der Waals surface area contributed by atoms with Crippen LogP contribution in [0.2, 0.25) is 0 Å². The van der Waals surface area contributed by atoms with Crippen LogP contribution in [0.4, 0.5) is 10.1 Å². The molecule has 1 aromatic heterocycles. The zero-order valence-corrected chi connectivity index (χ0v) is 16.5. The Balaban J connectivity index is 1.93. The molecule has 0 unspecified atom stereocenters. The topological polar surface area (TPSA) is 65.5 Å². The van der Waals surface area contributed by atoms with Crippen LogP contribution in [0.3, 0.4) is 0 Å². The number of anilines is 1. The molecule has 0 saturated heterocycles. The fourth-order valence-electron chi connectivity index (χ4n) is 2.55. The number of rotatable bonds is 8. The number of nitrogens with one attached hydrogen (secondary N) is 1. The van der Waals surface area contributed by atoms with Crippen molar-refractivity contribution in [2.45, 2.75) is 6.42 Å². The highest BCUT2D eigenvalue weighted by atomic mass is 79.9. The van der Waals surface area contributed by atoms with Crippen molar-refractivity contribution in [2.75, 3.05) is 32.7 Å². The molecule has 0 spiro atoms. The second kappa shape index (κ2) is 8.96. The molecule has 3 rings (SSSR count). The normalized spacial score (nSPS) is 10.8. The summed E-state index contributed by atoms with van der Waals surface area (Å²) in [6.07, 6.45) is 2.30. The molecular formula is C19H19BrFN3O3. The van der Waals surface area contributed by atoms with Crippen molar-refractivity contribution in [3.8, 4) is 17.4 Å². The first-order valence-electron chi connectivity index (χ1n) is 8.31. The Bertz CT molecular complexity index is 939. The maximum atomic E-state index is 13.3. The van der Waals surface area contributed by atoms with Gasteiger partial charge in [0, 0.05) is 20.3 Å². The summed E-state index contributed by atoms with van der Waals surface area (Å²) in [5, 5.41) is 4.01. The molecule has 0 radical (unpaired) electrons. The van der Waals surface area contributed by atoms with Gasteiger partial charge < -0.3 is 19.5 Å². The van der Waals surface area contributed by atoms with Crippen LogP contribution in [0.15, 0.2) is 41.1 Å². The van der Waals surface area contributed by atoms with Crippen LogP contribution in [0.25, 0.3) is 10.9 Å². The summed E-state index contributed by atoms with van der Waals surface area (Å²) in [5.41, 5.74) is 1.53. The van der Waals surface area contributed by atoms with Crippen molar-refractivity contribution in [3.05, 3.63) is 46.9 Å². The fraction of sp³-hybridized carbons (Fsp3) is 0.263. The van der Waals surface area contributed by atoms with E-state index in [0.717, 1.165) is 18.7 Å². The maximum absolute atomic E-state index is 13.3. The molecule has 142 valence electrons. The third kappa shape index (κ3) is 4.64. The van der Waals surface area contributed by atoms with Crippen LogP contribution in [0, 0.1) is 5.82 Å². The monoisotopic (exact) mass is 435 g/mol. The van der Waals surface area contributed by atoms with E-state index in [9.17, 15) is 4.39 Å². The summed E-state index contributed by atoms with van der Waals surface area (Å²) < 4.78 is 30.2. The molecule has 3 aromatic rings. The third-order valence-corrected chi connectivity index (χ3v) is 4.48. The van der Waals surface area contributed by atoms with E-state index in [1.165, 1.54) is 24.5 Å². The highest BCUT2D eigenvalue weighted by molar-refractivity contribution is 9.10. The van der Waals surface area contributed by atoms with Gasteiger partial charge in [0.2, 0.25) is 5.88 Å². The highest BCUT2D eigenvalue weighted by Crippen LogP contribution is 2.36. The number of aromatic nitrogens is 2. The number of hydrogen-bond acceptors (Lipinski definition) is 6. The van der Waals surface area contributed by atoms with E-state index >= 15 is 0 Å². The van der Waals surface area contributed by atoms with Gasteiger partial charge in [-0.25, -0.2) is 14.4 Å². The predicted octanol–water partition coefficient (Wildman–Crippen LogP) is 4.78. The largest absolute Gasteiger partial charge is 0.495 e. The Hall–Kier alpha value is -2.45. The van der Waals surface area contributed by atoms with E-state index in [1.54, 1.807) is 14.2 Å². The number of hydrogen-bond donors (Lipinski definition) is 1. The minimum absolute atomic E-state index is 0.354. The third-order valence-electron chi connectivity index (χ3n) is 3.86. The smallest absolute Gasteiger partial charge is 0.230 e. The molecule has 0 aliphatic carbocycles. The molecule has 0 bridgehead atoms.